The van der Waals surface area contributed by atoms with Crippen LogP contribution in [0.15, 0.2) is 59.1 Å². The first kappa shape index (κ1) is 16.6. The van der Waals surface area contributed by atoms with Gasteiger partial charge in [-0.2, -0.15) is 20.2 Å². The molecule has 3 N–H and O–H groups in total. The number of nitrogens with two attached hydrogens (primary N) is 1. The molecule has 2 aromatic carbocycles. The number of hydrogen-bond donors (Lipinski definition) is 2. The van der Waals surface area contributed by atoms with Crippen molar-refractivity contribution in [1.29, 1.82) is 5.26 Å². The molecule has 0 saturated heterocycles. The number of hydrogen-bond acceptors (Lipinski definition) is 6. The van der Waals surface area contributed by atoms with Gasteiger partial charge in [0.15, 0.2) is 5.82 Å². The van der Waals surface area contributed by atoms with Crippen LogP contribution in [0.4, 0.5) is 17.6 Å². The lowest BCUT2D eigenvalue weighted by molar-refractivity contribution is 1.04. The van der Waals surface area contributed by atoms with Crippen molar-refractivity contribution in [3.8, 4) is 6.07 Å². The number of rotatable bonds is 4. The van der Waals surface area contributed by atoms with E-state index in [1.807, 2.05) is 54.6 Å². The quantitative estimate of drug-likeness (QED) is 0.650. The Morgan fingerprint density at radius 3 is 2.60 bits per heavy atom. The molecule has 0 amide bonds. The van der Waals surface area contributed by atoms with Crippen LogP contribution in [0.2, 0.25) is 0 Å². The van der Waals surface area contributed by atoms with Crippen molar-refractivity contribution in [2.45, 2.75) is 0 Å². The van der Waals surface area contributed by atoms with Gasteiger partial charge in [0.2, 0.25) is 11.9 Å². The highest BCUT2D eigenvalue weighted by atomic mass is 79.9. The van der Waals surface area contributed by atoms with E-state index in [-0.39, 0.29) is 17.7 Å². The molecule has 0 aliphatic carbocycles. The van der Waals surface area contributed by atoms with Gasteiger partial charge in [0.1, 0.15) is 6.07 Å². The van der Waals surface area contributed by atoms with Crippen LogP contribution in [0.1, 0.15) is 11.4 Å². The van der Waals surface area contributed by atoms with E-state index in [2.05, 4.69) is 42.3 Å². The normalized spacial score (nSPS) is 11.0. The second-order valence-corrected chi connectivity index (χ2v) is 5.97. The van der Waals surface area contributed by atoms with Crippen LogP contribution in [0.5, 0.6) is 0 Å². The molecule has 0 spiro atoms. The smallest absolute Gasteiger partial charge is 0.232 e. The van der Waals surface area contributed by atoms with Crippen LogP contribution in [-0.2, 0) is 0 Å². The summed E-state index contributed by atoms with van der Waals surface area (Å²) in [6.07, 6.45) is 1.70. The average molecular weight is 393 g/mol. The van der Waals surface area contributed by atoms with Crippen molar-refractivity contribution < 1.29 is 0 Å². The number of para-hydroxylation sites is 1. The summed E-state index contributed by atoms with van der Waals surface area (Å²) in [5.74, 6) is 0.538. The Morgan fingerprint density at radius 2 is 1.88 bits per heavy atom. The third-order valence-electron chi connectivity index (χ3n) is 3.20. The van der Waals surface area contributed by atoms with Gasteiger partial charge in [-0.15, -0.1) is 0 Å². The van der Waals surface area contributed by atoms with E-state index in [1.165, 1.54) is 0 Å². The first-order valence-corrected chi connectivity index (χ1v) is 8.15. The third kappa shape index (κ3) is 4.40. The topological polar surface area (TPSA) is 101 Å². The predicted molar refractivity (Wildman–Crippen MR) is 102 cm³/mol. The fourth-order valence-corrected chi connectivity index (χ4v) is 2.55. The van der Waals surface area contributed by atoms with Gasteiger partial charge in [-0.25, -0.2) is 0 Å². The van der Waals surface area contributed by atoms with E-state index >= 15 is 0 Å². The molecule has 122 valence electrons. The molecule has 3 rings (SSSR count). The fourth-order valence-electron chi connectivity index (χ4n) is 2.13. The molecule has 0 aliphatic heterocycles. The van der Waals surface area contributed by atoms with E-state index in [1.54, 1.807) is 6.08 Å². The van der Waals surface area contributed by atoms with Crippen molar-refractivity contribution >= 4 is 45.2 Å². The summed E-state index contributed by atoms with van der Waals surface area (Å²) in [6.45, 7) is 0. The zero-order valence-electron chi connectivity index (χ0n) is 13.0. The summed E-state index contributed by atoms with van der Waals surface area (Å²) < 4.78 is 0.917. The molecule has 0 bridgehead atoms. The number of nitrogens with zero attached hydrogens (tertiary/aromatic N) is 4. The van der Waals surface area contributed by atoms with Gasteiger partial charge < -0.3 is 11.1 Å². The van der Waals surface area contributed by atoms with E-state index < -0.39 is 0 Å². The number of anilines is 3. The number of benzene rings is 2. The van der Waals surface area contributed by atoms with Crippen molar-refractivity contribution in [2.24, 2.45) is 0 Å². The molecule has 0 aliphatic rings. The summed E-state index contributed by atoms with van der Waals surface area (Å²) in [7, 11) is 0. The highest BCUT2D eigenvalue weighted by Crippen LogP contribution is 2.20. The summed E-state index contributed by atoms with van der Waals surface area (Å²) >= 11 is 3.41. The zero-order chi connectivity index (χ0) is 17.6. The van der Waals surface area contributed by atoms with Crippen LogP contribution >= 0.6 is 15.9 Å². The lowest BCUT2D eigenvalue weighted by atomic mass is 10.1. The lowest BCUT2D eigenvalue weighted by Crippen LogP contribution is -2.06. The molecular formula is C18H13BrN6. The van der Waals surface area contributed by atoms with E-state index in [0.29, 0.717) is 5.57 Å². The second-order valence-electron chi connectivity index (χ2n) is 5.06. The van der Waals surface area contributed by atoms with Gasteiger partial charge in [0.05, 0.1) is 5.57 Å². The summed E-state index contributed by atoms with van der Waals surface area (Å²) in [5, 5.41) is 12.5. The van der Waals surface area contributed by atoms with Gasteiger partial charge in [-0.1, -0.05) is 46.3 Å². The number of halogens is 1. The summed E-state index contributed by atoms with van der Waals surface area (Å²) in [5.41, 5.74) is 7.73. The molecule has 6 nitrogen and oxygen atoms in total. The molecule has 3 aromatic rings. The number of nitriles is 1. The monoisotopic (exact) mass is 392 g/mol. The van der Waals surface area contributed by atoms with Crippen LogP contribution in [0, 0.1) is 11.3 Å². The molecule has 0 fully saturated rings. The maximum absolute atomic E-state index is 9.49. The standard InChI is InChI=1S/C18H13BrN6/c19-14-6-4-5-12(10-14)9-13(11-20)16-23-17(21)25-18(24-16)22-15-7-2-1-3-8-15/h1-10H,(H3,21,22,23,24,25)/b13-9+. The highest BCUT2D eigenvalue weighted by molar-refractivity contribution is 9.10. The van der Waals surface area contributed by atoms with E-state index in [4.69, 9.17) is 5.73 Å². The Morgan fingerprint density at radius 1 is 1.08 bits per heavy atom. The molecule has 0 atom stereocenters. The summed E-state index contributed by atoms with van der Waals surface area (Å²) in [6, 6.07) is 19.1. The number of allylic oxidation sites excluding steroid dienone is 1. The summed E-state index contributed by atoms with van der Waals surface area (Å²) in [4.78, 5) is 12.4. The minimum atomic E-state index is 0.0406. The van der Waals surface area contributed by atoms with E-state index in [0.717, 1.165) is 15.7 Å². The molecular weight excluding hydrogens is 380 g/mol. The first-order valence-electron chi connectivity index (χ1n) is 7.35. The van der Waals surface area contributed by atoms with Gasteiger partial charge >= 0.3 is 0 Å². The maximum atomic E-state index is 9.49. The molecule has 1 heterocycles. The largest absolute Gasteiger partial charge is 0.368 e. The SMILES string of the molecule is N#C/C(=C\c1cccc(Br)c1)c1nc(N)nc(Nc2ccccc2)n1. The van der Waals surface area contributed by atoms with Crippen LogP contribution in [0.3, 0.4) is 0 Å². The van der Waals surface area contributed by atoms with Gasteiger partial charge in [-0.05, 0) is 35.9 Å². The highest BCUT2D eigenvalue weighted by Gasteiger charge is 2.10. The Labute approximate surface area is 153 Å². The Bertz CT molecular complexity index is 963. The maximum Gasteiger partial charge on any atom is 0.232 e. The molecule has 0 radical (unpaired) electrons. The minimum Gasteiger partial charge on any atom is -0.368 e. The average Bonchev–Trinajstić information content (AvgIpc) is 2.60. The molecule has 1 aromatic heterocycles. The van der Waals surface area contributed by atoms with Crippen molar-refractivity contribution in [3.05, 3.63) is 70.5 Å². The lowest BCUT2D eigenvalue weighted by Gasteiger charge is -2.07. The Kier molecular flexibility index (Phi) is 5.02. The minimum absolute atomic E-state index is 0.0406. The number of nitrogens with one attached hydrogen (secondary N) is 1. The van der Waals surface area contributed by atoms with Crippen LogP contribution in [-0.4, -0.2) is 15.0 Å². The van der Waals surface area contributed by atoms with Gasteiger partial charge in [0, 0.05) is 10.2 Å². The van der Waals surface area contributed by atoms with Gasteiger partial charge in [-0.3, -0.25) is 0 Å². The fraction of sp³-hybridized carbons (Fsp3) is 0. The first-order chi connectivity index (χ1) is 12.1. The van der Waals surface area contributed by atoms with Crippen LogP contribution < -0.4 is 11.1 Å². The molecule has 0 saturated carbocycles. The number of aromatic nitrogens is 3. The van der Waals surface area contributed by atoms with Gasteiger partial charge in [0.25, 0.3) is 0 Å². The van der Waals surface area contributed by atoms with Crippen molar-refractivity contribution in [3.63, 3.8) is 0 Å². The van der Waals surface area contributed by atoms with Crippen molar-refractivity contribution in [1.82, 2.24) is 15.0 Å². The van der Waals surface area contributed by atoms with E-state index in [9.17, 15) is 5.26 Å². The zero-order valence-corrected chi connectivity index (χ0v) is 14.6. The number of nitrogen functional groups attached to an aromatic ring is 1. The predicted octanol–water partition coefficient (Wildman–Crippen LogP) is 4.02. The van der Waals surface area contributed by atoms with Crippen LogP contribution in [0.25, 0.3) is 11.6 Å². The second kappa shape index (κ2) is 7.55. The Hall–Kier alpha value is -3.24. The Balaban J connectivity index is 1.96. The molecule has 0 unspecified atom stereocenters. The van der Waals surface area contributed by atoms with Crippen molar-refractivity contribution in [2.75, 3.05) is 11.1 Å². The molecule has 7 heteroatoms. The molecule has 25 heavy (non-hydrogen) atoms. The third-order valence-corrected chi connectivity index (χ3v) is 3.70.